The van der Waals surface area contributed by atoms with Crippen molar-refractivity contribution in [2.75, 3.05) is 0 Å². The van der Waals surface area contributed by atoms with Crippen LogP contribution in [0, 0.1) is 6.92 Å². The molecule has 0 aliphatic heterocycles. The van der Waals surface area contributed by atoms with Crippen molar-refractivity contribution in [3.05, 3.63) is 33.2 Å². The highest BCUT2D eigenvalue weighted by atomic mass is 32.1. The minimum absolute atomic E-state index is 0.0550. The Morgan fingerprint density at radius 2 is 2.44 bits per heavy atom. The van der Waals surface area contributed by atoms with Crippen LogP contribution >= 0.6 is 11.3 Å². The van der Waals surface area contributed by atoms with Crippen LogP contribution in [0.4, 0.5) is 0 Å². The molecule has 0 atom stereocenters. The number of aryl methyl sites for hydroxylation is 1. The summed E-state index contributed by atoms with van der Waals surface area (Å²) >= 11 is 1.39. The largest absolute Gasteiger partial charge is 0.294 e. The van der Waals surface area contributed by atoms with Crippen molar-refractivity contribution in [2.45, 2.75) is 13.3 Å². The second kappa shape index (κ2) is 4.03. The van der Waals surface area contributed by atoms with Crippen molar-refractivity contribution < 1.29 is 4.79 Å². The van der Waals surface area contributed by atoms with Gasteiger partial charge in [0.2, 0.25) is 5.91 Å². The molecule has 7 heteroatoms. The first-order valence-electron chi connectivity index (χ1n) is 4.57. The second-order valence-electron chi connectivity index (χ2n) is 3.33. The van der Waals surface area contributed by atoms with Crippen molar-refractivity contribution in [1.82, 2.24) is 14.8 Å². The molecule has 0 spiro atoms. The maximum Gasteiger partial charge on any atom is 0.262 e. The van der Waals surface area contributed by atoms with Crippen LogP contribution in [0.1, 0.15) is 11.3 Å². The van der Waals surface area contributed by atoms with Gasteiger partial charge in [-0.05, 0) is 6.92 Å². The predicted octanol–water partition coefficient (Wildman–Crippen LogP) is -0.403. The van der Waals surface area contributed by atoms with Gasteiger partial charge in [0.15, 0.2) is 4.96 Å². The summed E-state index contributed by atoms with van der Waals surface area (Å²) < 4.78 is 1.49. The minimum atomic E-state index is -0.410. The van der Waals surface area contributed by atoms with Crippen molar-refractivity contribution in [2.24, 2.45) is 5.84 Å². The Kier molecular flexibility index (Phi) is 2.71. The molecule has 0 unspecified atom stereocenters. The Balaban J connectivity index is 2.56. The van der Waals surface area contributed by atoms with E-state index in [2.05, 4.69) is 4.98 Å². The second-order valence-corrected chi connectivity index (χ2v) is 4.16. The lowest BCUT2D eigenvalue weighted by Crippen LogP contribution is -2.33. The Labute approximate surface area is 94.7 Å². The first-order chi connectivity index (χ1) is 7.63. The Morgan fingerprint density at radius 3 is 3.12 bits per heavy atom. The summed E-state index contributed by atoms with van der Waals surface area (Å²) in [6.45, 7) is 1.82. The van der Waals surface area contributed by atoms with E-state index in [1.807, 2.05) is 17.7 Å². The number of nitrogens with one attached hydrogen (secondary N) is 1. The van der Waals surface area contributed by atoms with E-state index >= 15 is 0 Å². The molecule has 2 heterocycles. The maximum atomic E-state index is 12.0. The van der Waals surface area contributed by atoms with Gasteiger partial charge in [0.1, 0.15) is 0 Å². The summed E-state index contributed by atoms with van der Waals surface area (Å²) in [5.41, 5.74) is 2.92. The van der Waals surface area contributed by atoms with Crippen LogP contribution in [0.2, 0.25) is 0 Å². The standard InChI is InChI=1S/C9H10N4O2S/c1-5-4-16-9-11-3-6(2-7(14)12-10)8(15)13(5)9/h3-4H,2,10H2,1H3,(H,12,14). The SMILES string of the molecule is Cc1csc2ncc(CC(=O)NN)c(=O)n12. The van der Waals surface area contributed by atoms with Gasteiger partial charge in [-0.2, -0.15) is 0 Å². The molecule has 84 valence electrons. The fourth-order valence-electron chi connectivity index (χ4n) is 1.41. The molecule has 0 saturated heterocycles. The van der Waals surface area contributed by atoms with Gasteiger partial charge < -0.3 is 0 Å². The first kappa shape index (κ1) is 10.8. The summed E-state index contributed by atoms with van der Waals surface area (Å²) in [6.07, 6.45) is 1.36. The average Bonchev–Trinajstić information content (AvgIpc) is 2.65. The minimum Gasteiger partial charge on any atom is -0.294 e. The van der Waals surface area contributed by atoms with E-state index in [1.165, 1.54) is 21.9 Å². The van der Waals surface area contributed by atoms with Gasteiger partial charge in [0, 0.05) is 22.8 Å². The number of carbonyl (C=O) groups is 1. The fraction of sp³-hybridized carbons (Fsp3) is 0.222. The summed E-state index contributed by atoms with van der Waals surface area (Å²) in [4.78, 5) is 27.8. The number of carbonyl (C=O) groups excluding carboxylic acids is 1. The number of nitrogens with two attached hydrogens (primary N) is 1. The molecular weight excluding hydrogens is 228 g/mol. The molecule has 0 saturated carbocycles. The molecule has 0 fully saturated rings. The quantitative estimate of drug-likeness (QED) is 0.423. The molecule has 2 rings (SSSR count). The Morgan fingerprint density at radius 1 is 1.69 bits per heavy atom. The molecule has 1 amide bonds. The summed E-state index contributed by atoms with van der Waals surface area (Å²) in [6, 6.07) is 0. The molecule has 2 aromatic heterocycles. The van der Waals surface area contributed by atoms with E-state index in [4.69, 9.17) is 5.84 Å². The molecule has 0 aromatic carbocycles. The number of amides is 1. The number of nitrogens with zero attached hydrogens (tertiary/aromatic N) is 2. The third-order valence-electron chi connectivity index (χ3n) is 2.20. The van der Waals surface area contributed by atoms with E-state index in [0.717, 1.165) is 5.69 Å². The molecule has 2 aromatic rings. The van der Waals surface area contributed by atoms with E-state index in [1.54, 1.807) is 0 Å². The normalized spacial score (nSPS) is 10.6. The Bertz CT molecular complexity index is 601. The molecular formula is C9H10N4O2S. The highest BCUT2D eigenvalue weighted by Crippen LogP contribution is 2.10. The predicted molar refractivity (Wildman–Crippen MR) is 60.1 cm³/mol. The van der Waals surface area contributed by atoms with Crippen LogP contribution in [0.3, 0.4) is 0 Å². The van der Waals surface area contributed by atoms with Crippen LogP contribution in [0.25, 0.3) is 4.96 Å². The van der Waals surface area contributed by atoms with Gasteiger partial charge in [-0.25, -0.2) is 10.8 Å². The molecule has 0 aliphatic rings. The van der Waals surface area contributed by atoms with Gasteiger partial charge in [-0.1, -0.05) is 0 Å². The zero-order valence-corrected chi connectivity index (χ0v) is 9.37. The van der Waals surface area contributed by atoms with Gasteiger partial charge in [0.05, 0.1) is 6.42 Å². The first-order valence-corrected chi connectivity index (χ1v) is 5.45. The lowest BCUT2D eigenvalue weighted by atomic mass is 10.2. The number of hydrogen-bond donors (Lipinski definition) is 2. The van der Waals surface area contributed by atoms with Crippen LogP contribution in [-0.2, 0) is 11.2 Å². The van der Waals surface area contributed by atoms with Crippen molar-refractivity contribution >= 4 is 22.2 Å². The van der Waals surface area contributed by atoms with Crippen molar-refractivity contribution in [3.8, 4) is 0 Å². The van der Waals surface area contributed by atoms with Crippen LogP contribution in [-0.4, -0.2) is 15.3 Å². The molecule has 0 radical (unpaired) electrons. The summed E-state index contributed by atoms with van der Waals surface area (Å²) in [5, 5.41) is 1.84. The monoisotopic (exact) mass is 238 g/mol. The van der Waals surface area contributed by atoms with E-state index in [-0.39, 0.29) is 12.0 Å². The zero-order valence-electron chi connectivity index (χ0n) is 8.56. The summed E-state index contributed by atoms with van der Waals surface area (Å²) in [5.74, 6) is 4.56. The molecule has 0 aliphatic carbocycles. The van der Waals surface area contributed by atoms with Crippen molar-refractivity contribution in [1.29, 1.82) is 0 Å². The number of thiazole rings is 1. The third kappa shape index (κ3) is 1.70. The highest BCUT2D eigenvalue weighted by Gasteiger charge is 2.10. The number of fused-ring (bicyclic) bond motifs is 1. The number of aromatic nitrogens is 2. The Hall–Kier alpha value is -1.73. The molecule has 6 nitrogen and oxygen atoms in total. The number of hydrazine groups is 1. The van der Waals surface area contributed by atoms with E-state index < -0.39 is 5.91 Å². The lowest BCUT2D eigenvalue weighted by molar-refractivity contribution is -0.120. The van der Waals surface area contributed by atoms with Crippen LogP contribution in [0.5, 0.6) is 0 Å². The van der Waals surface area contributed by atoms with Gasteiger partial charge >= 0.3 is 0 Å². The smallest absolute Gasteiger partial charge is 0.262 e. The molecule has 0 bridgehead atoms. The topological polar surface area (TPSA) is 89.5 Å². The van der Waals surface area contributed by atoms with E-state index in [9.17, 15) is 9.59 Å². The number of hydrogen-bond acceptors (Lipinski definition) is 5. The third-order valence-corrected chi connectivity index (χ3v) is 3.16. The van der Waals surface area contributed by atoms with Crippen LogP contribution < -0.4 is 16.8 Å². The average molecular weight is 238 g/mol. The van der Waals surface area contributed by atoms with Crippen LogP contribution in [0.15, 0.2) is 16.4 Å². The highest BCUT2D eigenvalue weighted by molar-refractivity contribution is 7.15. The lowest BCUT2D eigenvalue weighted by Gasteiger charge is -2.00. The van der Waals surface area contributed by atoms with Gasteiger partial charge in [-0.3, -0.25) is 19.4 Å². The van der Waals surface area contributed by atoms with Gasteiger partial charge in [-0.15, -0.1) is 11.3 Å². The molecule has 3 N–H and O–H groups in total. The summed E-state index contributed by atoms with van der Waals surface area (Å²) in [7, 11) is 0. The fourth-order valence-corrected chi connectivity index (χ4v) is 2.23. The zero-order chi connectivity index (χ0) is 11.7. The molecule has 16 heavy (non-hydrogen) atoms. The van der Waals surface area contributed by atoms with Gasteiger partial charge in [0.25, 0.3) is 5.56 Å². The van der Waals surface area contributed by atoms with Crippen molar-refractivity contribution in [3.63, 3.8) is 0 Å². The maximum absolute atomic E-state index is 12.0. The number of rotatable bonds is 2. The van der Waals surface area contributed by atoms with E-state index in [0.29, 0.717) is 10.5 Å².